The van der Waals surface area contributed by atoms with Crippen molar-refractivity contribution in [3.8, 4) is 11.3 Å². The van der Waals surface area contributed by atoms with Crippen molar-refractivity contribution in [3.63, 3.8) is 0 Å². The minimum absolute atomic E-state index is 0.274. The summed E-state index contributed by atoms with van der Waals surface area (Å²) in [4.78, 5) is 18.7. The standard InChI is InChI=1S/C23H20N2O3/c1-14-5-4-10-25(14)20-12-16-11-15(23(26)27)8-9-19(16)24-22(20)18-13-28-21-7-3-2-6-17(18)21/h2-3,6-9,11-14H,4-5,10H2,1H3,(H,26,27)/t14-/m0/s1. The van der Waals surface area contributed by atoms with E-state index >= 15 is 0 Å². The number of pyridine rings is 1. The summed E-state index contributed by atoms with van der Waals surface area (Å²) in [6, 6.07) is 15.5. The Morgan fingerprint density at radius 1 is 1.21 bits per heavy atom. The van der Waals surface area contributed by atoms with Crippen molar-refractivity contribution < 1.29 is 14.3 Å². The first kappa shape index (κ1) is 16.8. The van der Waals surface area contributed by atoms with Crippen LogP contribution in [0.1, 0.15) is 30.1 Å². The lowest BCUT2D eigenvalue weighted by Gasteiger charge is -2.26. The number of carboxylic acid groups (broad SMARTS) is 1. The van der Waals surface area contributed by atoms with Crippen LogP contribution in [0.2, 0.25) is 0 Å². The van der Waals surface area contributed by atoms with Gasteiger partial charge in [0.25, 0.3) is 0 Å². The molecule has 1 fully saturated rings. The molecule has 2 aromatic carbocycles. The van der Waals surface area contributed by atoms with Crippen LogP contribution in [-0.2, 0) is 0 Å². The Morgan fingerprint density at radius 3 is 2.86 bits per heavy atom. The van der Waals surface area contributed by atoms with Crippen molar-refractivity contribution in [2.75, 3.05) is 11.4 Å². The molecule has 0 spiro atoms. The largest absolute Gasteiger partial charge is 0.478 e. The molecule has 0 saturated carbocycles. The maximum absolute atomic E-state index is 11.4. The van der Waals surface area contributed by atoms with Gasteiger partial charge in [0.2, 0.25) is 0 Å². The highest BCUT2D eigenvalue weighted by Crippen LogP contribution is 2.39. The number of carboxylic acids is 1. The van der Waals surface area contributed by atoms with Crippen LogP contribution >= 0.6 is 0 Å². The van der Waals surface area contributed by atoms with E-state index in [1.165, 1.54) is 0 Å². The van der Waals surface area contributed by atoms with E-state index in [1.54, 1.807) is 24.5 Å². The molecule has 0 bridgehead atoms. The first-order chi connectivity index (χ1) is 13.6. The minimum Gasteiger partial charge on any atom is -0.478 e. The number of anilines is 1. The molecule has 1 atom stereocenters. The SMILES string of the molecule is C[C@H]1CCCN1c1cc2cc(C(=O)O)ccc2nc1-c1coc2ccccc12. The van der Waals surface area contributed by atoms with E-state index in [9.17, 15) is 9.90 Å². The van der Waals surface area contributed by atoms with Gasteiger partial charge in [-0.15, -0.1) is 0 Å². The monoisotopic (exact) mass is 372 g/mol. The van der Waals surface area contributed by atoms with Crippen molar-refractivity contribution in [2.45, 2.75) is 25.8 Å². The summed E-state index contributed by atoms with van der Waals surface area (Å²) in [6.45, 7) is 3.19. The zero-order chi connectivity index (χ0) is 19.3. The van der Waals surface area contributed by atoms with Gasteiger partial charge < -0.3 is 14.4 Å². The molecule has 1 N–H and O–H groups in total. The molecule has 5 nitrogen and oxygen atoms in total. The second-order valence-electron chi connectivity index (χ2n) is 7.40. The smallest absolute Gasteiger partial charge is 0.335 e. The van der Waals surface area contributed by atoms with Crippen molar-refractivity contribution in [1.82, 2.24) is 4.98 Å². The summed E-state index contributed by atoms with van der Waals surface area (Å²) in [7, 11) is 0. The van der Waals surface area contributed by atoms with E-state index in [1.807, 2.05) is 24.3 Å². The van der Waals surface area contributed by atoms with E-state index < -0.39 is 5.97 Å². The van der Waals surface area contributed by atoms with Crippen LogP contribution in [-0.4, -0.2) is 28.6 Å². The van der Waals surface area contributed by atoms with Gasteiger partial charge in [0.1, 0.15) is 11.8 Å². The zero-order valence-electron chi connectivity index (χ0n) is 15.6. The first-order valence-electron chi connectivity index (χ1n) is 9.53. The molecule has 0 aliphatic carbocycles. The predicted octanol–water partition coefficient (Wildman–Crippen LogP) is 5.33. The zero-order valence-corrected chi connectivity index (χ0v) is 15.6. The summed E-state index contributed by atoms with van der Waals surface area (Å²) < 4.78 is 5.77. The highest BCUT2D eigenvalue weighted by Gasteiger charge is 2.26. The highest BCUT2D eigenvalue weighted by atomic mass is 16.4. The Bertz CT molecular complexity index is 1210. The predicted molar refractivity (Wildman–Crippen MR) is 110 cm³/mol. The van der Waals surface area contributed by atoms with Crippen molar-refractivity contribution in [1.29, 1.82) is 0 Å². The van der Waals surface area contributed by atoms with Crippen molar-refractivity contribution >= 4 is 33.5 Å². The van der Waals surface area contributed by atoms with Gasteiger partial charge in [-0.1, -0.05) is 18.2 Å². The summed E-state index contributed by atoms with van der Waals surface area (Å²) in [5.74, 6) is -0.928. The lowest BCUT2D eigenvalue weighted by molar-refractivity contribution is 0.0697. The van der Waals surface area contributed by atoms with Gasteiger partial charge in [-0.25, -0.2) is 9.78 Å². The second-order valence-corrected chi connectivity index (χ2v) is 7.40. The Kier molecular flexibility index (Phi) is 3.83. The number of aromatic carboxylic acids is 1. The molecular formula is C23H20N2O3. The van der Waals surface area contributed by atoms with Gasteiger partial charge in [-0.3, -0.25) is 0 Å². The molecule has 3 heterocycles. The summed E-state index contributed by atoms with van der Waals surface area (Å²) >= 11 is 0. The fourth-order valence-electron chi connectivity index (χ4n) is 4.17. The third-order valence-corrected chi connectivity index (χ3v) is 5.64. The maximum atomic E-state index is 11.4. The maximum Gasteiger partial charge on any atom is 0.335 e. The number of rotatable bonds is 3. The Hall–Kier alpha value is -3.34. The van der Waals surface area contributed by atoms with Crippen LogP contribution in [0.3, 0.4) is 0 Å². The van der Waals surface area contributed by atoms with E-state index in [0.717, 1.165) is 58.2 Å². The summed E-state index contributed by atoms with van der Waals surface area (Å²) in [6.07, 6.45) is 4.05. The lowest BCUT2D eigenvalue weighted by Crippen LogP contribution is -2.27. The van der Waals surface area contributed by atoms with Crippen LogP contribution < -0.4 is 4.90 Å². The van der Waals surface area contributed by atoms with Crippen LogP contribution in [0.25, 0.3) is 33.1 Å². The van der Waals surface area contributed by atoms with E-state index in [-0.39, 0.29) is 5.56 Å². The van der Waals surface area contributed by atoms with Gasteiger partial charge in [-0.05, 0) is 50.1 Å². The molecule has 1 saturated heterocycles. The number of fused-ring (bicyclic) bond motifs is 2. The van der Waals surface area contributed by atoms with Gasteiger partial charge in [0.05, 0.1) is 22.5 Å². The molecule has 4 aromatic rings. The van der Waals surface area contributed by atoms with Crippen LogP contribution in [0.15, 0.2) is 59.2 Å². The van der Waals surface area contributed by atoms with Crippen LogP contribution in [0.4, 0.5) is 5.69 Å². The van der Waals surface area contributed by atoms with Crippen molar-refractivity contribution in [2.24, 2.45) is 0 Å². The molecule has 5 rings (SSSR count). The molecule has 0 unspecified atom stereocenters. The minimum atomic E-state index is -0.928. The molecule has 5 heteroatoms. The molecule has 1 aliphatic rings. The fraction of sp³-hybridized carbons (Fsp3) is 0.217. The molecule has 0 amide bonds. The second kappa shape index (κ2) is 6.37. The number of nitrogens with zero attached hydrogens (tertiary/aromatic N) is 2. The molecular weight excluding hydrogens is 352 g/mol. The highest BCUT2D eigenvalue weighted by molar-refractivity contribution is 6.00. The number of hydrogen-bond acceptors (Lipinski definition) is 4. The topological polar surface area (TPSA) is 66.6 Å². The number of benzene rings is 2. The normalized spacial score (nSPS) is 16.9. The Balaban J connectivity index is 1.78. The molecule has 140 valence electrons. The number of para-hydroxylation sites is 1. The Labute approximate surface area is 162 Å². The fourth-order valence-corrected chi connectivity index (χ4v) is 4.17. The Morgan fingerprint density at radius 2 is 2.07 bits per heavy atom. The van der Waals surface area contributed by atoms with E-state index in [4.69, 9.17) is 9.40 Å². The molecule has 1 aliphatic heterocycles. The van der Waals surface area contributed by atoms with Gasteiger partial charge in [0.15, 0.2) is 0 Å². The first-order valence-corrected chi connectivity index (χ1v) is 9.53. The molecule has 0 radical (unpaired) electrons. The third kappa shape index (κ3) is 2.62. The van der Waals surface area contributed by atoms with E-state index in [2.05, 4.69) is 17.9 Å². The average Bonchev–Trinajstić information content (AvgIpc) is 3.32. The summed E-state index contributed by atoms with van der Waals surface area (Å²) in [5.41, 5.74) is 4.77. The molecule has 2 aromatic heterocycles. The number of furan rings is 1. The van der Waals surface area contributed by atoms with Crippen LogP contribution in [0.5, 0.6) is 0 Å². The van der Waals surface area contributed by atoms with Gasteiger partial charge >= 0.3 is 5.97 Å². The van der Waals surface area contributed by atoms with E-state index in [0.29, 0.717) is 6.04 Å². The summed E-state index contributed by atoms with van der Waals surface area (Å²) in [5, 5.41) is 11.2. The van der Waals surface area contributed by atoms with Gasteiger partial charge in [-0.2, -0.15) is 0 Å². The average molecular weight is 372 g/mol. The third-order valence-electron chi connectivity index (χ3n) is 5.64. The lowest BCUT2D eigenvalue weighted by atomic mass is 10.0. The van der Waals surface area contributed by atoms with Gasteiger partial charge in [0, 0.05) is 28.9 Å². The quantitative estimate of drug-likeness (QED) is 0.526. The number of aromatic nitrogens is 1. The number of hydrogen-bond donors (Lipinski definition) is 1. The number of carbonyl (C=O) groups is 1. The molecule has 28 heavy (non-hydrogen) atoms. The van der Waals surface area contributed by atoms with Crippen LogP contribution in [0, 0.1) is 0 Å². The van der Waals surface area contributed by atoms with Crippen molar-refractivity contribution in [3.05, 3.63) is 60.4 Å².